The zero-order chi connectivity index (χ0) is 13.0. The fourth-order valence-corrected chi connectivity index (χ4v) is 4.15. The van der Waals surface area contributed by atoms with Crippen molar-refractivity contribution >= 4 is 9.84 Å². The van der Waals surface area contributed by atoms with Crippen LogP contribution in [-0.2, 0) is 14.6 Å². The molecule has 18 heavy (non-hydrogen) atoms. The van der Waals surface area contributed by atoms with E-state index in [4.69, 9.17) is 4.74 Å². The predicted molar refractivity (Wildman–Crippen MR) is 71.5 cm³/mol. The number of sulfone groups is 1. The summed E-state index contributed by atoms with van der Waals surface area (Å²) in [6, 6.07) is 0.119. The smallest absolute Gasteiger partial charge is 0.153 e. The molecule has 3 unspecified atom stereocenters. The second-order valence-electron chi connectivity index (χ2n) is 5.38. The molecule has 2 N–H and O–H groups in total. The summed E-state index contributed by atoms with van der Waals surface area (Å²) in [5, 5.41) is 6.69. The van der Waals surface area contributed by atoms with Gasteiger partial charge >= 0.3 is 0 Å². The minimum Gasteiger partial charge on any atom is -0.378 e. The van der Waals surface area contributed by atoms with Crippen molar-refractivity contribution < 1.29 is 13.2 Å². The van der Waals surface area contributed by atoms with Gasteiger partial charge in [0.1, 0.15) is 0 Å². The van der Waals surface area contributed by atoms with Gasteiger partial charge in [-0.2, -0.15) is 0 Å². The number of hydrogen-bond acceptors (Lipinski definition) is 5. The lowest BCUT2D eigenvalue weighted by Crippen LogP contribution is -2.46. The Morgan fingerprint density at radius 2 is 2.28 bits per heavy atom. The molecule has 2 aliphatic rings. The Kier molecular flexibility index (Phi) is 5.00. The van der Waals surface area contributed by atoms with Gasteiger partial charge in [-0.05, 0) is 32.2 Å². The first-order valence-electron chi connectivity index (χ1n) is 6.83. The van der Waals surface area contributed by atoms with Crippen molar-refractivity contribution in [3.8, 4) is 0 Å². The van der Waals surface area contributed by atoms with Crippen LogP contribution in [0.4, 0.5) is 0 Å². The molecule has 6 heteroatoms. The van der Waals surface area contributed by atoms with Crippen LogP contribution < -0.4 is 10.6 Å². The Morgan fingerprint density at radius 3 is 2.94 bits per heavy atom. The van der Waals surface area contributed by atoms with Crippen LogP contribution in [0.2, 0.25) is 0 Å². The maximum absolute atomic E-state index is 11.5. The summed E-state index contributed by atoms with van der Waals surface area (Å²) >= 11 is 0. The fourth-order valence-electron chi connectivity index (χ4n) is 2.66. The Labute approximate surface area is 110 Å². The van der Waals surface area contributed by atoms with Gasteiger partial charge in [-0.1, -0.05) is 0 Å². The normalized spacial score (nSPS) is 35.7. The van der Waals surface area contributed by atoms with E-state index in [0.29, 0.717) is 18.6 Å². The van der Waals surface area contributed by atoms with Gasteiger partial charge in [-0.3, -0.25) is 0 Å². The van der Waals surface area contributed by atoms with E-state index in [1.54, 1.807) is 0 Å². The van der Waals surface area contributed by atoms with Crippen molar-refractivity contribution in [3.05, 3.63) is 0 Å². The molecule has 0 bridgehead atoms. The standard InChI is InChI=1S/C12H24N2O3S/c1-10-11(3-6-17-10)8-13-4-2-12-9-18(15,16)7-5-14-12/h10-14H,2-9H2,1H3. The van der Waals surface area contributed by atoms with Crippen molar-refractivity contribution in [2.45, 2.75) is 31.9 Å². The zero-order valence-electron chi connectivity index (χ0n) is 11.0. The molecule has 0 radical (unpaired) electrons. The molecule has 0 amide bonds. The largest absolute Gasteiger partial charge is 0.378 e. The van der Waals surface area contributed by atoms with Crippen molar-refractivity contribution in [3.63, 3.8) is 0 Å². The van der Waals surface area contributed by atoms with Crippen LogP contribution in [-0.4, -0.2) is 58.3 Å². The lowest BCUT2D eigenvalue weighted by atomic mass is 10.0. The molecule has 2 heterocycles. The summed E-state index contributed by atoms with van der Waals surface area (Å²) in [6.45, 7) is 5.43. The van der Waals surface area contributed by atoms with Gasteiger partial charge in [0, 0.05) is 25.7 Å². The summed E-state index contributed by atoms with van der Waals surface area (Å²) in [4.78, 5) is 0. The second-order valence-corrected chi connectivity index (χ2v) is 7.61. The number of rotatable bonds is 5. The van der Waals surface area contributed by atoms with E-state index >= 15 is 0 Å². The first-order chi connectivity index (χ1) is 8.57. The fraction of sp³-hybridized carbons (Fsp3) is 1.00. The summed E-state index contributed by atoms with van der Waals surface area (Å²) in [5.41, 5.74) is 0. The molecular weight excluding hydrogens is 252 g/mol. The monoisotopic (exact) mass is 276 g/mol. The third kappa shape index (κ3) is 4.19. The third-order valence-corrected chi connectivity index (χ3v) is 5.65. The first kappa shape index (κ1) is 14.2. The van der Waals surface area contributed by atoms with Crippen molar-refractivity contribution in [1.82, 2.24) is 10.6 Å². The van der Waals surface area contributed by atoms with E-state index < -0.39 is 9.84 Å². The van der Waals surface area contributed by atoms with E-state index in [1.165, 1.54) is 0 Å². The predicted octanol–water partition coefficient (Wildman–Crippen LogP) is -0.222. The highest BCUT2D eigenvalue weighted by Gasteiger charge is 2.25. The molecule has 2 fully saturated rings. The van der Waals surface area contributed by atoms with Gasteiger partial charge in [0.15, 0.2) is 9.84 Å². The number of nitrogens with one attached hydrogen (secondary N) is 2. The van der Waals surface area contributed by atoms with Crippen LogP contribution in [0.5, 0.6) is 0 Å². The topological polar surface area (TPSA) is 67.4 Å². The van der Waals surface area contributed by atoms with E-state index in [-0.39, 0.29) is 17.5 Å². The minimum atomic E-state index is -2.80. The minimum absolute atomic E-state index is 0.119. The SMILES string of the molecule is CC1OCCC1CNCCC1CS(=O)(=O)CCN1. The molecule has 5 nitrogen and oxygen atoms in total. The average Bonchev–Trinajstić information content (AvgIpc) is 2.69. The summed E-state index contributed by atoms with van der Waals surface area (Å²) in [5.74, 6) is 1.18. The number of hydrogen-bond donors (Lipinski definition) is 2. The van der Waals surface area contributed by atoms with Crippen LogP contribution in [0.15, 0.2) is 0 Å². The van der Waals surface area contributed by atoms with Crippen LogP contribution >= 0.6 is 0 Å². The molecule has 0 aromatic heterocycles. The molecule has 3 atom stereocenters. The maximum atomic E-state index is 11.5. The van der Waals surface area contributed by atoms with Crippen molar-refractivity contribution in [2.24, 2.45) is 5.92 Å². The van der Waals surface area contributed by atoms with Gasteiger partial charge in [-0.15, -0.1) is 0 Å². The molecule has 106 valence electrons. The van der Waals surface area contributed by atoms with E-state index in [0.717, 1.165) is 32.5 Å². The van der Waals surface area contributed by atoms with Crippen LogP contribution in [0.25, 0.3) is 0 Å². The Bertz CT molecular complexity index is 358. The highest BCUT2D eigenvalue weighted by atomic mass is 32.2. The zero-order valence-corrected chi connectivity index (χ0v) is 11.8. The quantitative estimate of drug-likeness (QED) is 0.680. The highest BCUT2D eigenvalue weighted by Crippen LogP contribution is 2.19. The van der Waals surface area contributed by atoms with Gasteiger partial charge in [0.25, 0.3) is 0 Å². The van der Waals surface area contributed by atoms with Gasteiger partial charge < -0.3 is 15.4 Å². The summed E-state index contributed by atoms with van der Waals surface area (Å²) in [6.07, 6.45) is 2.36. The Balaban J connectivity index is 1.60. The molecule has 2 rings (SSSR count). The average molecular weight is 276 g/mol. The molecule has 0 aromatic carbocycles. The lowest BCUT2D eigenvalue weighted by Gasteiger charge is -2.24. The Morgan fingerprint density at radius 1 is 1.44 bits per heavy atom. The van der Waals surface area contributed by atoms with Crippen molar-refractivity contribution in [2.75, 3.05) is 37.7 Å². The third-order valence-electron chi connectivity index (χ3n) is 3.91. The molecule has 0 aliphatic carbocycles. The van der Waals surface area contributed by atoms with Gasteiger partial charge in [0.05, 0.1) is 17.6 Å². The molecule has 2 saturated heterocycles. The molecule has 0 aromatic rings. The second kappa shape index (κ2) is 6.32. The number of ether oxygens (including phenoxy) is 1. The molecule has 2 aliphatic heterocycles. The lowest BCUT2D eigenvalue weighted by molar-refractivity contribution is 0.105. The highest BCUT2D eigenvalue weighted by molar-refractivity contribution is 7.91. The van der Waals surface area contributed by atoms with Crippen LogP contribution in [0, 0.1) is 5.92 Å². The Hall–Kier alpha value is -0.170. The molecule has 0 saturated carbocycles. The first-order valence-corrected chi connectivity index (χ1v) is 8.65. The summed E-state index contributed by atoms with van der Waals surface area (Å²) in [7, 11) is -2.80. The van der Waals surface area contributed by atoms with Crippen molar-refractivity contribution in [1.29, 1.82) is 0 Å². The van der Waals surface area contributed by atoms with E-state index in [9.17, 15) is 8.42 Å². The molecule has 0 spiro atoms. The van der Waals surface area contributed by atoms with Gasteiger partial charge in [0.2, 0.25) is 0 Å². The van der Waals surface area contributed by atoms with E-state index in [2.05, 4.69) is 17.6 Å². The van der Waals surface area contributed by atoms with Crippen LogP contribution in [0.3, 0.4) is 0 Å². The molecular formula is C12H24N2O3S. The summed E-state index contributed by atoms with van der Waals surface area (Å²) < 4.78 is 28.4. The van der Waals surface area contributed by atoms with Crippen LogP contribution in [0.1, 0.15) is 19.8 Å². The van der Waals surface area contributed by atoms with Gasteiger partial charge in [-0.25, -0.2) is 8.42 Å². The van der Waals surface area contributed by atoms with E-state index in [1.807, 2.05) is 0 Å². The maximum Gasteiger partial charge on any atom is 0.153 e.